The summed E-state index contributed by atoms with van der Waals surface area (Å²) >= 11 is 0. The largest absolute Gasteiger partial charge is 0.340 e. The third-order valence-corrected chi connectivity index (χ3v) is 25.8. The maximum atomic E-state index is 13.9. The maximum absolute atomic E-state index is 13.9. The number of nitrogens with one attached hydrogen (secondary N) is 4. The van der Waals surface area contributed by atoms with Crippen LogP contribution in [0.3, 0.4) is 0 Å². The minimum absolute atomic E-state index is 0.0243. The number of nitrogens with zero attached hydrogens (tertiary/aromatic N) is 16. The van der Waals surface area contributed by atoms with Crippen LogP contribution in [0.25, 0.3) is 88.1 Å². The highest BCUT2D eigenvalue weighted by atomic mass is 19.2. The zero-order valence-corrected chi connectivity index (χ0v) is 72.5. The fourth-order valence-corrected chi connectivity index (χ4v) is 19.1. The molecule has 4 saturated heterocycles. The Kier molecular flexibility index (Phi) is 26.7. The SMILES string of the molecule is C[C@@H]1CC(Cn2ncc3cc(-c4cn[nH]c4)ccc32)CN1C(=O)CCc1ccc(F)cc1.C[C@@H]1CC(Cn2ncc3cc(-c4cn[nH]c4)ccc32)CN1C(=O)CCc1cccc(F)c1.C[C@@H]1CC(Cn2ncc3cc(-c4cn[nH]c4)ccc32)CN1C(=O)CCc1cccc(F)c1F.C[C@@H]1CC(Cn2ncc3cc(-c4cn[nH]c4)ccc32)CN1C(=O)CCc1ccccc1F. The highest BCUT2D eigenvalue weighted by Crippen LogP contribution is 2.36. The number of amides is 4. The minimum atomic E-state index is -0.877. The molecule has 0 bridgehead atoms. The summed E-state index contributed by atoms with van der Waals surface area (Å²) < 4.78 is 75.8. The molecule has 20 rings (SSSR count). The van der Waals surface area contributed by atoms with Crippen molar-refractivity contribution in [2.45, 2.75) is 155 Å². The van der Waals surface area contributed by atoms with Crippen molar-refractivity contribution in [1.82, 2.24) is 99.5 Å². The lowest BCUT2D eigenvalue weighted by Crippen LogP contribution is -2.34. The number of benzene rings is 8. The minimum Gasteiger partial charge on any atom is -0.340 e. The first-order valence-electron chi connectivity index (χ1n) is 44.3. The summed E-state index contributed by atoms with van der Waals surface area (Å²) in [5.74, 6) is -0.749. The molecule has 4 unspecified atom stereocenters. The average molecular weight is 1740 g/mol. The Bertz CT molecular complexity index is 6530. The number of hydrogen-bond acceptors (Lipinski definition) is 12. The first-order valence-corrected chi connectivity index (χ1v) is 44.3. The number of hydrogen-bond donors (Lipinski definition) is 4. The van der Waals surface area contributed by atoms with Crippen LogP contribution in [0.1, 0.15) is 101 Å². The molecule has 12 heterocycles. The van der Waals surface area contributed by atoms with Gasteiger partial charge in [-0.1, -0.05) is 78.9 Å². The molecule has 4 amide bonds. The first-order chi connectivity index (χ1) is 62.7. The van der Waals surface area contributed by atoms with E-state index in [4.69, 9.17) is 0 Å². The molecule has 0 saturated carbocycles. The lowest BCUT2D eigenvalue weighted by molar-refractivity contribution is -0.132. The summed E-state index contributed by atoms with van der Waals surface area (Å²) in [5, 5.41) is 50.2. The second-order valence-electron chi connectivity index (χ2n) is 34.9. The lowest BCUT2D eigenvalue weighted by atomic mass is 10.1. The molecule has 4 N–H and O–H groups in total. The molecule has 0 aliphatic carbocycles. The van der Waals surface area contributed by atoms with Gasteiger partial charge in [-0.2, -0.15) is 40.8 Å². The number of carbonyl (C=O) groups excluding carboxylic acids is 4. The van der Waals surface area contributed by atoms with E-state index < -0.39 is 11.6 Å². The van der Waals surface area contributed by atoms with Crippen molar-refractivity contribution in [3.63, 3.8) is 0 Å². The van der Waals surface area contributed by atoms with Crippen LogP contribution in [-0.4, -0.2) is 173 Å². The standard InChI is InChI=1S/C25H25F2N5O.3C25H26FN5O/c1-16-9-17(14-31(16)24(33)8-6-18-3-2-4-22(26)25(18)27)15-32-23-7-5-19(10-20(23)13-30-32)21-11-28-29-12-21;1-17-10-19(15-30(17)25(32)9-4-18-2-6-23(26)7-3-18)16-31-24-8-5-20(11-21(24)14-29-31)22-12-27-28-13-22;1-17-9-19(15-30(17)25(32)8-5-18-3-2-4-23(26)10-18)16-31-24-7-6-20(11-21(24)14-29-31)22-12-27-28-13-22;1-17-10-18(15-30(17)25(32)9-7-19-4-2-3-5-23(19)26)16-31-24-8-6-20(11-21(24)14-29-31)22-12-27-28-13-22/h2-5,7,10-13,16-17H,6,8-9,14-15H2,1H3,(H,28,29);2-3,5-8,11-14,17,19H,4,9-10,15-16H2,1H3,(H,27,28);2-4,6-7,10-14,17,19H,5,8-9,15-16H2,1H3,(H,27,28);2-6,8,11-14,17-18H,7,9-10,15-16H2,1H3,(H,27,28)/t16-,17?;2*17-,19?;17-,18?/m1111/s1. The molecule has 662 valence electrons. The van der Waals surface area contributed by atoms with Gasteiger partial charge in [-0.05, 0) is 232 Å². The Morgan fingerprint density at radius 1 is 0.318 bits per heavy atom. The molecule has 8 aromatic heterocycles. The van der Waals surface area contributed by atoms with Gasteiger partial charge < -0.3 is 19.6 Å². The molecule has 0 spiro atoms. The Morgan fingerprint density at radius 3 is 0.992 bits per heavy atom. The van der Waals surface area contributed by atoms with Gasteiger partial charge in [0.2, 0.25) is 23.6 Å². The molecule has 4 aliphatic heterocycles. The van der Waals surface area contributed by atoms with Gasteiger partial charge in [0.1, 0.15) is 17.5 Å². The predicted molar refractivity (Wildman–Crippen MR) is 485 cm³/mol. The Balaban J connectivity index is 0.000000121. The Morgan fingerprint density at radius 2 is 0.643 bits per heavy atom. The normalized spacial score (nSPS) is 18.5. The van der Waals surface area contributed by atoms with E-state index in [2.05, 4.69) is 159 Å². The van der Waals surface area contributed by atoms with Gasteiger partial charge in [0.25, 0.3) is 0 Å². The molecule has 29 heteroatoms. The molecule has 16 aromatic rings. The molecule has 8 atom stereocenters. The zero-order chi connectivity index (χ0) is 89.2. The fraction of sp³-hybridized carbons (Fsp3) is 0.320. The van der Waals surface area contributed by atoms with E-state index in [1.54, 1.807) is 36.5 Å². The summed E-state index contributed by atoms with van der Waals surface area (Å²) in [4.78, 5) is 59.1. The van der Waals surface area contributed by atoms with Crippen molar-refractivity contribution in [1.29, 1.82) is 0 Å². The number of aromatic nitrogens is 16. The van der Waals surface area contributed by atoms with Crippen molar-refractivity contribution in [3.05, 3.63) is 289 Å². The highest BCUT2D eigenvalue weighted by molar-refractivity contribution is 5.88. The fourth-order valence-electron chi connectivity index (χ4n) is 19.1. The zero-order valence-electron chi connectivity index (χ0n) is 72.5. The van der Waals surface area contributed by atoms with Gasteiger partial charge in [0.05, 0.1) is 71.6 Å². The van der Waals surface area contributed by atoms with Gasteiger partial charge in [0, 0.05) is 171 Å². The number of carbonyl (C=O) groups is 4. The van der Waals surface area contributed by atoms with E-state index in [-0.39, 0.29) is 89.6 Å². The van der Waals surface area contributed by atoms with E-state index in [1.807, 2.05) is 121 Å². The molecule has 4 aliphatic rings. The second-order valence-corrected chi connectivity index (χ2v) is 34.9. The van der Waals surface area contributed by atoms with Crippen LogP contribution in [0.5, 0.6) is 0 Å². The van der Waals surface area contributed by atoms with Crippen LogP contribution >= 0.6 is 0 Å². The van der Waals surface area contributed by atoms with E-state index in [0.29, 0.717) is 74.9 Å². The number of H-pyrrole nitrogens is 4. The summed E-state index contributed by atoms with van der Waals surface area (Å²) in [6, 6.07) is 49.5. The molecule has 8 aromatic carbocycles. The van der Waals surface area contributed by atoms with Crippen LogP contribution in [0.2, 0.25) is 0 Å². The van der Waals surface area contributed by atoms with Crippen molar-refractivity contribution in [2.75, 3.05) is 26.2 Å². The summed E-state index contributed by atoms with van der Waals surface area (Å²) in [5.41, 5.74) is 15.6. The average Bonchev–Trinajstić information content (AvgIpc) is 1.66. The van der Waals surface area contributed by atoms with Crippen molar-refractivity contribution >= 4 is 67.2 Å². The summed E-state index contributed by atoms with van der Waals surface area (Å²) in [6.07, 6.45) is 29.2. The van der Waals surface area contributed by atoms with Crippen molar-refractivity contribution < 1.29 is 41.1 Å². The van der Waals surface area contributed by atoms with Crippen molar-refractivity contribution in [3.8, 4) is 44.5 Å². The van der Waals surface area contributed by atoms with E-state index in [1.165, 1.54) is 42.5 Å². The van der Waals surface area contributed by atoms with E-state index in [9.17, 15) is 41.1 Å². The third kappa shape index (κ3) is 20.7. The van der Waals surface area contributed by atoms with Crippen LogP contribution in [0.4, 0.5) is 22.0 Å². The van der Waals surface area contributed by atoms with Gasteiger partial charge in [-0.25, -0.2) is 22.0 Å². The number of likely N-dealkylation sites (tertiary alicyclic amines) is 4. The van der Waals surface area contributed by atoms with Gasteiger partial charge in [0.15, 0.2) is 11.6 Å². The number of halogens is 5. The van der Waals surface area contributed by atoms with Gasteiger partial charge in [-0.15, -0.1) is 0 Å². The Labute approximate surface area is 742 Å². The molecule has 129 heavy (non-hydrogen) atoms. The third-order valence-electron chi connectivity index (χ3n) is 25.8. The monoisotopic (exact) mass is 1740 g/mol. The van der Waals surface area contributed by atoms with E-state index in [0.717, 1.165) is 170 Å². The van der Waals surface area contributed by atoms with Crippen LogP contribution < -0.4 is 0 Å². The number of rotatable bonds is 24. The maximum Gasteiger partial charge on any atom is 0.223 e. The number of aryl methyl sites for hydroxylation is 4. The molecular weight excluding hydrogens is 1640 g/mol. The molecule has 0 radical (unpaired) electrons. The smallest absolute Gasteiger partial charge is 0.223 e. The quantitative estimate of drug-likeness (QED) is 0.0412. The predicted octanol–water partition coefficient (Wildman–Crippen LogP) is 17.9. The van der Waals surface area contributed by atoms with E-state index >= 15 is 0 Å². The van der Waals surface area contributed by atoms with Gasteiger partial charge >= 0.3 is 0 Å². The van der Waals surface area contributed by atoms with Crippen LogP contribution in [0.15, 0.2) is 238 Å². The molecule has 24 nitrogen and oxygen atoms in total. The topological polar surface area (TPSA) is 267 Å². The van der Waals surface area contributed by atoms with Crippen molar-refractivity contribution in [2.24, 2.45) is 23.7 Å². The molecule has 4 fully saturated rings. The van der Waals surface area contributed by atoms with Crippen LogP contribution in [0, 0.1) is 52.8 Å². The highest BCUT2D eigenvalue weighted by Gasteiger charge is 2.37. The Hall–Kier alpha value is -14.0. The molecular formula is C100H103F5N20O4. The van der Waals surface area contributed by atoms with Crippen LogP contribution in [-0.2, 0) is 71.0 Å². The number of fused-ring (bicyclic) bond motifs is 4. The van der Waals surface area contributed by atoms with Gasteiger partial charge in [-0.3, -0.25) is 58.3 Å². The lowest BCUT2D eigenvalue weighted by Gasteiger charge is -2.21. The summed E-state index contributed by atoms with van der Waals surface area (Å²) in [6.45, 7) is 14.3. The summed E-state index contributed by atoms with van der Waals surface area (Å²) in [7, 11) is 0. The second kappa shape index (κ2) is 39.5. The number of aromatic amines is 4. The first kappa shape index (κ1) is 87.1.